The third-order valence-corrected chi connectivity index (χ3v) is 3.71. The Hall–Kier alpha value is -1.06. The molecule has 0 aliphatic carbocycles. The molecule has 1 N–H and O–H groups in total. The van der Waals surface area contributed by atoms with Gasteiger partial charge in [0.15, 0.2) is 0 Å². The molecule has 2 rings (SSSR count). The van der Waals surface area contributed by atoms with Gasteiger partial charge in [0.2, 0.25) is 0 Å². The van der Waals surface area contributed by atoms with Gasteiger partial charge in [-0.25, -0.2) is 0 Å². The predicted molar refractivity (Wildman–Crippen MR) is 77.7 cm³/mol. The molecule has 1 fully saturated rings. The summed E-state index contributed by atoms with van der Waals surface area (Å²) in [4.78, 5) is 0. The molecule has 19 heavy (non-hydrogen) atoms. The lowest BCUT2D eigenvalue weighted by atomic mass is 10.0. The van der Waals surface area contributed by atoms with Crippen LogP contribution in [0, 0.1) is 5.92 Å². The second kappa shape index (κ2) is 7.51. The summed E-state index contributed by atoms with van der Waals surface area (Å²) in [6.07, 6.45) is 3.55. The summed E-state index contributed by atoms with van der Waals surface area (Å²) in [7, 11) is 1.70. The topological polar surface area (TPSA) is 30.5 Å². The van der Waals surface area contributed by atoms with Crippen LogP contribution in [0.1, 0.15) is 25.3 Å². The Morgan fingerprint density at radius 2 is 2.16 bits per heavy atom. The quantitative estimate of drug-likeness (QED) is 0.856. The van der Waals surface area contributed by atoms with Crippen LogP contribution in [0.4, 0.5) is 0 Å². The molecule has 0 saturated carbocycles. The van der Waals surface area contributed by atoms with Crippen LogP contribution < -0.4 is 10.1 Å². The second-order valence-corrected chi connectivity index (χ2v) is 5.44. The molecule has 0 amide bonds. The molecule has 1 aromatic carbocycles. The monoisotopic (exact) mass is 263 g/mol. The number of methoxy groups -OCH3 is 1. The number of nitrogens with one attached hydrogen (secondary N) is 1. The summed E-state index contributed by atoms with van der Waals surface area (Å²) >= 11 is 0. The highest BCUT2D eigenvalue weighted by atomic mass is 16.5. The maximum absolute atomic E-state index is 5.50. The van der Waals surface area contributed by atoms with Crippen LogP contribution in [0.5, 0.6) is 5.75 Å². The zero-order valence-electron chi connectivity index (χ0n) is 12.0. The summed E-state index contributed by atoms with van der Waals surface area (Å²) in [5.74, 6) is 1.61. The standard InChI is InChI=1S/C16H25NO2/c1-13(17-11-15-4-3-9-19-12-15)10-14-5-7-16(18-2)8-6-14/h5-8,13,15,17H,3-4,9-12H2,1-2H3. The van der Waals surface area contributed by atoms with Gasteiger partial charge < -0.3 is 14.8 Å². The van der Waals surface area contributed by atoms with Crippen molar-refractivity contribution in [1.29, 1.82) is 0 Å². The Morgan fingerprint density at radius 1 is 1.37 bits per heavy atom. The van der Waals surface area contributed by atoms with Crippen LogP contribution in [-0.2, 0) is 11.2 Å². The largest absolute Gasteiger partial charge is 0.497 e. The van der Waals surface area contributed by atoms with Crippen molar-refractivity contribution in [3.8, 4) is 5.75 Å². The van der Waals surface area contributed by atoms with E-state index in [1.165, 1.54) is 18.4 Å². The molecular weight excluding hydrogens is 238 g/mol. The third-order valence-electron chi connectivity index (χ3n) is 3.71. The third kappa shape index (κ3) is 4.84. The highest BCUT2D eigenvalue weighted by molar-refractivity contribution is 5.27. The molecule has 1 aromatic rings. The molecule has 2 unspecified atom stereocenters. The molecule has 0 radical (unpaired) electrons. The molecule has 106 valence electrons. The van der Waals surface area contributed by atoms with Gasteiger partial charge in [0, 0.05) is 19.2 Å². The van der Waals surface area contributed by atoms with Gasteiger partial charge in [0.05, 0.1) is 13.7 Å². The highest BCUT2D eigenvalue weighted by Gasteiger charge is 2.14. The summed E-state index contributed by atoms with van der Waals surface area (Å²) in [6, 6.07) is 8.82. The minimum Gasteiger partial charge on any atom is -0.497 e. The molecule has 3 nitrogen and oxygen atoms in total. The molecule has 1 aliphatic rings. The summed E-state index contributed by atoms with van der Waals surface area (Å²) in [5.41, 5.74) is 1.35. The summed E-state index contributed by atoms with van der Waals surface area (Å²) < 4.78 is 10.7. The van der Waals surface area contributed by atoms with E-state index in [0.717, 1.165) is 31.9 Å². The van der Waals surface area contributed by atoms with E-state index in [1.54, 1.807) is 7.11 Å². The van der Waals surface area contributed by atoms with E-state index in [4.69, 9.17) is 9.47 Å². The van der Waals surface area contributed by atoms with Gasteiger partial charge in [0.1, 0.15) is 5.75 Å². The molecule has 0 aromatic heterocycles. The molecule has 3 heteroatoms. The fraction of sp³-hybridized carbons (Fsp3) is 0.625. The molecule has 1 saturated heterocycles. The average Bonchev–Trinajstić information content (AvgIpc) is 2.47. The lowest BCUT2D eigenvalue weighted by Crippen LogP contribution is -2.35. The Balaban J connectivity index is 1.71. The summed E-state index contributed by atoms with van der Waals surface area (Å²) in [6.45, 7) is 5.17. The first-order valence-electron chi connectivity index (χ1n) is 7.22. The van der Waals surface area contributed by atoms with Crippen molar-refractivity contribution in [2.75, 3.05) is 26.9 Å². The van der Waals surface area contributed by atoms with Crippen LogP contribution >= 0.6 is 0 Å². The number of hydrogen-bond donors (Lipinski definition) is 1. The van der Waals surface area contributed by atoms with Crippen LogP contribution in [0.2, 0.25) is 0 Å². The maximum atomic E-state index is 5.50. The van der Waals surface area contributed by atoms with Crippen molar-refractivity contribution in [2.24, 2.45) is 5.92 Å². The minimum absolute atomic E-state index is 0.496. The summed E-state index contributed by atoms with van der Waals surface area (Å²) in [5, 5.41) is 3.62. The normalized spacial score (nSPS) is 21.1. The van der Waals surface area contributed by atoms with Crippen molar-refractivity contribution in [1.82, 2.24) is 5.32 Å². The molecule has 1 heterocycles. The van der Waals surface area contributed by atoms with Gasteiger partial charge >= 0.3 is 0 Å². The van der Waals surface area contributed by atoms with Crippen LogP contribution in [-0.4, -0.2) is 32.9 Å². The minimum atomic E-state index is 0.496. The molecule has 1 aliphatic heterocycles. The molecule has 2 atom stereocenters. The van der Waals surface area contributed by atoms with Crippen LogP contribution in [0.25, 0.3) is 0 Å². The first-order valence-corrected chi connectivity index (χ1v) is 7.22. The number of hydrogen-bond acceptors (Lipinski definition) is 3. The SMILES string of the molecule is COc1ccc(CC(C)NCC2CCCOC2)cc1. The van der Waals surface area contributed by atoms with E-state index in [9.17, 15) is 0 Å². The average molecular weight is 263 g/mol. The lowest BCUT2D eigenvalue weighted by Gasteiger charge is -2.24. The molecule has 0 bridgehead atoms. The Morgan fingerprint density at radius 3 is 2.79 bits per heavy atom. The van der Waals surface area contributed by atoms with E-state index < -0.39 is 0 Å². The van der Waals surface area contributed by atoms with E-state index in [-0.39, 0.29) is 0 Å². The van der Waals surface area contributed by atoms with Crippen molar-refractivity contribution in [3.05, 3.63) is 29.8 Å². The maximum Gasteiger partial charge on any atom is 0.118 e. The fourth-order valence-corrected chi connectivity index (χ4v) is 2.52. The van der Waals surface area contributed by atoms with Gasteiger partial charge in [-0.05, 0) is 49.8 Å². The number of rotatable bonds is 6. The van der Waals surface area contributed by atoms with Crippen molar-refractivity contribution in [2.45, 2.75) is 32.2 Å². The van der Waals surface area contributed by atoms with E-state index in [2.05, 4.69) is 24.4 Å². The van der Waals surface area contributed by atoms with Gasteiger partial charge in [0.25, 0.3) is 0 Å². The Kier molecular flexibility index (Phi) is 5.67. The second-order valence-electron chi connectivity index (χ2n) is 5.44. The van der Waals surface area contributed by atoms with Gasteiger partial charge in [-0.1, -0.05) is 12.1 Å². The smallest absolute Gasteiger partial charge is 0.118 e. The van der Waals surface area contributed by atoms with Crippen molar-refractivity contribution in [3.63, 3.8) is 0 Å². The highest BCUT2D eigenvalue weighted by Crippen LogP contribution is 2.14. The zero-order valence-corrected chi connectivity index (χ0v) is 12.0. The van der Waals surface area contributed by atoms with Crippen molar-refractivity contribution < 1.29 is 9.47 Å². The zero-order chi connectivity index (χ0) is 13.5. The van der Waals surface area contributed by atoms with Gasteiger partial charge in [-0.3, -0.25) is 0 Å². The van der Waals surface area contributed by atoms with E-state index in [0.29, 0.717) is 12.0 Å². The Labute approximate surface area is 116 Å². The first-order chi connectivity index (χ1) is 9.28. The fourth-order valence-electron chi connectivity index (χ4n) is 2.52. The number of benzene rings is 1. The van der Waals surface area contributed by atoms with E-state index in [1.807, 2.05) is 12.1 Å². The van der Waals surface area contributed by atoms with Crippen LogP contribution in [0.3, 0.4) is 0 Å². The Bertz CT molecular complexity index is 358. The molecular formula is C16H25NO2. The first kappa shape index (κ1) is 14.4. The van der Waals surface area contributed by atoms with Crippen LogP contribution in [0.15, 0.2) is 24.3 Å². The van der Waals surface area contributed by atoms with Gasteiger partial charge in [-0.2, -0.15) is 0 Å². The van der Waals surface area contributed by atoms with Crippen molar-refractivity contribution >= 4 is 0 Å². The lowest BCUT2D eigenvalue weighted by molar-refractivity contribution is 0.0540. The predicted octanol–water partition coefficient (Wildman–Crippen LogP) is 2.64. The van der Waals surface area contributed by atoms with E-state index >= 15 is 0 Å². The van der Waals surface area contributed by atoms with Gasteiger partial charge in [-0.15, -0.1) is 0 Å². The number of ether oxygens (including phenoxy) is 2. The molecule has 0 spiro atoms.